The van der Waals surface area contributed by atoms with Crippen LogP contribution in [0.15, 0.2) is 89.5 Å². The van der Waals surface area contributed by atoms with Gasteiger partial charge < -0.3 is 14.9 Å². The van der Waals surface area contributed by atoms with Gasteiger partial charge in [-0.1, -0.05) is 64.8 Å². The van der Waals surface area contributed by atoms with Crippen LogP contribution >= 0.6 is 11.6 Å². The van der Waals surface area contributed by atoms with Gasteiger partial charge in [0.05, 0.1) is 5.56 Å². The van der Waals surface area contributed by atoms with E-state index in [0.29, 0.717) is 16.1 Å². The number of aryl methyl sites for hydroxylation is 2. The van der Waals surface area contributed by atoms with Crippen molar-refractivity contribution in [2.75, 3.05) is 0 Å². The number of hydrogen-bond donors (Lipinski definition) is 2. The fraction of sp³-hybridized carbons (Fsp3) is 0.125. The van der Waals surface area contributed by atoms with Gasteiger partial charge in [-0.25, -0.2) is 9.18 Å². The van der Waals surface area contributed by atoms with E-state index in [0.717, 1.165) is 22.3 Å². The summed E-state index contributed by atoms with van der Waals surface area (Å²) < 4.78 is 20.4. The fourth-order valence-electron chi connectivity index (χ4n) is 4.30. The molecule has 0 fully saturated rings. The third kappa shape index (κ3) is 6.34. The molecule has 0 radical (unpaired) electrons. The number of carbonyl (C=O) groups is 2. The van der Waals surface area contributed by atoms with E-state index in [1.807, 2.05) is 62.4 Å². The lowest BCUT2D eigenvalue weighted by atomic mass is 10.0. The third-order valence-electron chi connectivity index (χ3n) is 6.67. The van der Waals surface area contributed by atoms with Gasteiger partial charge in [0.25, 0.3) is 11.8 Å². The molecule has 7 nitrogen and oxygen atoms in total. The Morgan fingerprint density at radius 2 is 1.68 bits per heavy atom. The highest BCUT2D eigenvalue weighted by atomic mass is 35.5. The Morgan fingerprint density at radius 1 is 0.951 bits per heavy atom. The molecule has 0 spiro atoms. The van der Waals surface area contributed by atoms with Gasteiger partial charge in [-0.15, -0.1) is 0 Å². The highest BCUT2D eigenvalue weighted by Crippen LogP contribution is 2.27. The minimum Gasteiger partial charge on any atom is -0.480 e. The Hall–Kier alpha value is -4.82. The average Bonchev–Trinajstić information content (AvgIpc) is 3.44. The van der Waals surface area contributed by atoms with Crippen LogP contribution < -0.4 is 5.32 Å². The number of nitrogens with zero attached hydrogens (tertiary/aromatic N) is 2. The topological polar surface area (TPSA) is 105 Å². The van der Waals surface area contributed by atoms with Crippen LogP contribution in [-0.4, -0.2) is 33.2 Å². The lowest BCUT2D eigenvalue weighted by Crippen LogP contribution is -2.42. The van der Waals surface area contributed by atoms with Crippen LogP contribution in [0.4, 0.5) is 4.39 Å². The fourth-order valence-corrected chi connectivity index (χ4v) is 4.48. The second kappa shape index (κ2) is 11.7. The summed E-state index contributed by atoms with van der Waals surface area (Å²) in [5.41, 5.74) is 5.08. The van der Waals surface area contributed by atoms with E-state index in [1.54, 1.807) is 24.3 Å². The largest absolute Gasteiger partial charge is 0.480 e. The van der Waals surface area contributed by atoms with Crippen molar-refractivity contribution in [3.63, 3.8) is 0 Å². The van der Waals surface area contributed by atoms with Gasteiger partial charge >= 0.3 is 5.97 Å². The summed E-state index contributed by atoms with van der Waals surface area (Å²) >= 11 is 6.25. The molecule has 5 rings (SSSR count). The van der Waals surface area contributed by atoms with Crippen molar-refractivity contribution in [1.29, 1.82) is 0 Å². The number of hydrogen-bond acceptors (Lipinski definition) is 5. The predicted molar refractivity (Wildman–Crippen MR) is 154 cm³/mol. The molecule has 0 saturated heterocycles. The second-order valence-electron chi connectivity index (χ2n) is 9.72. The Morgan fingerprint density at radius 3 is 2.39 bits per heavy atom. The normalized spacial score (nSPS) is 11.7. The number of carboxylic acid groups (broad SMARTS) is 1. The van der Waals surface area contributed by atoms with Crippen LogP contribution in [0.1, 0.15) is 27.0 Å². The monoisotopic (exact) mass is 569 g/mol. The molecule has 41 heavy (non-hydrogen) atoms. The van der Waals surface area contributed by atoms with Crippen LogP contribution in [-0.2, 0) is 11.2 Å². The van der Waals surface area contributed by atoms with Crippen molar-refractivity contribution in [2.24, 2.45) is 0 Å². The Balaban J connectivity index is 1.30. The van der Waals surface area contributed by atoms with Gasteiger partial charge in [-0.3, -0.25) is 4.79 Å². The van der Waals surface area contributed by atoms with Crippen molar-refractivity contribution in [3.8, 4) is 34.0 Å². The minimum atomic E-state index is -1.29. The predicted octanol–water partition coefficient (Wildman–Crippen LogP) is 6.91. The molecule has 0 aliphatic rings. The molecule has 4 aromatic carbocycles. The molecular weight excluding hydrogens is 545 g/mol. The van der Waals surface area contributed by atoms with Gasteiger partial charge in [0, 0.05) is 22.6 Å². The molecule has 9 heteroatoms. The maximum Gasteiger partial charge on any atom is 0.326 e. The van der Waals surface area contributed by atoms with Crippen LogP contribution in [0.25, 0.3) is 34.0 Å². The number of carbonyl (C=O) groups excluding carboxylic acids is 1. The molecule has 1 amide bonds. The molecule has 1 aromatic heterocycles. The van der Waals surface area contributed by atoms with E-state index < -0.39 is 23.7 Å². The number of halogens is 2. The Bertz CT molecular complexity index is 1750. The highest BCUT2D eigenvalue weighted by Gasteiger charge is 2.23. The highest BCUT2D eigenvalue weighted by molar-refractivity contribution is 6.31. The molecule has 2 N–H and O–H groups in total. The number of aliphatic carboxylic acids is 1. The molecule has 1 heterocycles. The van der Waals surface area contributed by atoms with Crippen LogP contribution in [0.5, 0.6) is 0 Å². The molecule has 0 aliphatic heterocycles. The van der Waals surface area contributed by atoms with Gasteiger partial charge in [-0.2, -0.15) is 4.98 Å². The maximum absolute atomic E-state index is 15.1. The number of carboxylic acids is 1. The zero-order chi connectivity index (χ0) is 29.1. The van der Waals surface area contributed by atoms with E-state index in [4.69, 9.17) is 16.1 Å². The summed E-state index contributed by atoms with van der Waals surface area (Å²) in [6.45, 7) is 3.86. The molecule has 1 atom stereocenters. The number of nitrogens with one attached hydrogen (secondary N) is 1. The van der Waals surface area contributed by atoms with E-state index >= 15 is 4.39 Å². The van der Waals surface area contributed by atoms with Crippen LogP contribution in [0.2, 0.25) is 5.02 Å². The van der Waals surface area contributed by atoms with Crippen LogP contribution in [0, 0.1) is 19.7 Å². The summed E-state index contributed by atoms with van der Waals surface area (Å²) in [7, 11) is 0. The second-order valence-corrected chi connectivity index (χ2v) is 10.1. The first-order valence-electron chi connectivity index (χ1n) is 12.8. The van der Waals surface area contributed by atoms with Gasteiger partial charge in [0.1, 0.15) is 11.9 Å². The average molecular weight is 570 g/mol. The zero-order valence-corrected chi connectivity index (χ0v) is 22.9. The summed E-state index contributed by atoms with van der Waals surface area (Å²) in [6.07, 6.45) is -0.133. The zero-order valence-electron chi connectivity index (χ0n) is 22.2. The quantitative estimate of drug-likeness (QED) is 0.210. The van der Waals surface area contributed by atoms with Crippen molar-refractivity contribution in [1.82, 2.24) is 15.5 Å². The van der Waals surface area contributed by atoms with Crippen molar-refractivity contribution in [2.45, 2.75) is 26.3 Å². The van der Waals surface area contributed by atoms with E-state index in [1.165, 1.54) is 12.1 Å². The van der Waals surface area contributed by atoms with E-state index in [2.05, 4.69) is 15.5 Å². The van der Waals surface area contributed by atoms with Crippen molar-refractivity contribution < 1.29 is 23.6 Å². The third-order valence-corrected chi connectivity index (χ3v) is 7.08. The lowest BCUT2D eigenvalue weighted by Gasteiger charge is -2.15. The Kier molecular flexibility index (Phi) is 7.94. The van der Waals surface area contributed by atoms with E-state index in [-0.39, 0.29) is 29.3 Å². The molecule has 206 valence electrons. The number of amides is 1. The van der Waals surface area contributed by atoms with Gasteiger partial charge in [0.2, 0.25) is 5.82 Å². The van der Waals surface area contributed by atoms with Gasteiger partial charge in [0.15, 0.2) is 0 Å². The summed E-state index contributed by atoms with van der Waals surface area (Å²) in [5.74, 6) is -2.12. The number of rotatable bonds is 8. The minimum absolute atomic E-state index is 0.0717. The standard InChI is InChI=1S/C32H25ClFN3O4/c1-18-6-10-21(11-7-18)31-36-29(37-41-31)25-13-9-20(14-27(25)34)15-28(32(39)40)35-30(38)24-5-3-4-22(16-24)23-12-8-19(2)26(33)17-23/h3-14,16-17,28H,15H2,1-2H3,(H,35,38)(H,39,40)/t28-/m1/s1. The summed E-state index contributed by atoms with van der Waals surface area (Å²) in [4.78, 5) is 29.3. The molecule has 5 aromatic rings. The number of aromatic nitrogens is 2. The summed E-state index contributed by atoms with van der Waals surface area (Å²) in [6, 6.07) is 22.8. The maximum atomic E-state index is 15.1. The first kappa shape index (κ1) is 27.7. The molecule has 0 aliphatic carbocycles. The SMILES string of the molecule is Cc1ccc(-c2nc(-c3ccc(C[C@@H](NC(=O)c4cccc(-c5ccc(C)c(Cl)c5)c4)C(=O)O)cc3F)no2)cc1. The van der Waals surface area contributed by atoms with E-state index in [9.17, 15) is 14.7 Å². The molecular formula is C32H25ClFN3O4. The first-order valence-corrected chi connectivity index (χ1v) is 13.2. The molecule has 0 unspecified atom stereocenters. The van der Waals surface area contributed by atoms with Gasteiger partial charge in [-0.05, 0) is 78.6 Å². The first-order chi connectivity index (χ1) is 19.7. The number of benzene rings is 4. The summed E-state index contributed by atoms with van der Waals surface area (Å²) in [5, 5.41) is 16.8. The molecule has 0 saturated carbocycles. The molecule has 0 bridgehead atoms. The van der Waals surface area contributed by atoms with Crippen LogP contribution in [0.3, 0.4) is 0 Å². The van der Waals surface area contributed by atoms with Crippen molar-refractivity contribution >= 4 is 23.5 Å². The Labute approximate surface area is 240 Å². The smallest absolute Gasteiger partial charge is 0.326 e. The van der Waals surface area contributed by atoms with Crippen molar-refractivity contribution in [3.05, 3.63) is 118 Å². The lowest BCUT2D eigenvalue weighted by molar-refractivity contribution is -0.139.